The fourth-order valence-corrected chi connectivity index (χ4v) is 1.43. The van der Waals surface area contributed by atoms with Gasteiger partial charge in [-0.1, -0.05) is 33.1 Å². The summed E-state index contributed by atoms with van der Waals surface area (Å²) in [4.78, 5) is 22.2. The molecule has 0 amide bonds. The third-order valence-electron chi connectivity index (χ3n) is 2.29. The molecule has 0 spiro atoms. The van der Waals surface area contributed by atoms with Crippen LogP contribution in [0.5, 0.6) is 0 Å². The first kappa shape index (κ1) is 13.1. The van der Waals surface area contributed by atoms with Gasteiger partial charge in [0, 0.05) is 6.42 Å². The summed E-state index contributed by atoms with van der Waals surface area (Å²) >= 11 is 0. The maximum atomic E-state index is 11.5. The lowest BCUT2D eigenvalue weighted by Crippen LogP contribution is -2.23. The van der Waals surface area contributed by atoms with E-state index in [9.17, 15) is 9.59 Å². The van der Waals surface area contributed by atoms with Gasteiger partial charge in [0.05, 0.1) is 0 Å². The molecule has 82 valence electrons. The number of hydrogen-bond acceptors (Lipinski definition) is 2. The highest BCUT2D eigenvalue weighted by molar-refractivity contribution is 5.98. The average molecular weight is 200 g/mol. The van der Waals surface area contributed by atoms with Gasteiger partial charge in [0.1, 0.15) is 11.7 Å². The van der Waals surface area contributed by atoms with Crippen LogP contribution in [0, 0.1) is 5.92 Å². The van der Waals surface area contributed by atoms with Crippen LogP contribution in [0.25, 0.3) is 0 Å². The highest BCUT2D eigenvalue weighted by Gasteiger charge is 2.23. The quantitative estimate of drug-likeness (QED) is 0.484. The second-order valence-electron chi connectivity index (χ2n) is 3.60. The Hall–Kier alpha value is -0.860. The van der Waals surface area contributed by atoms with Crippen molar-refractivity contribution in [1.29, 1.82) is 0 Å². The summed E-state index contributed by atoms with van der Waals surface area (Å²) in [7, 11) is 0. The summed E-state index contributed by atoms with van der Waals surface area (Å²) in [5.41, 5.74) is 0. The molecular formula is C11H20O3. The third-order valence-corrected chi connectivity index (χ3v) is 2.29. The van der Waals surface area contributed by atoms with Crippen molar-refractivity contribution in [3.8, 4) is 0 Å². The minimum absolute atomic E-state index is 0.104. The summed E-state index contributed by atoms with van der Waals surface area (Å²) in [6, 6.07) is 0. The molecule has 0 heterocycles. The molecule has 0 radical (unpaired) electrons. The largest absolute Gasteiger partial charge is 0.481 e. The molecule has 0 saturated carbocycles. The van der Waals surface area contributed by atoms with Crippen molar-refractivity contribution >= 4 is 11.8 Å². The molecule has 0 fully saturated rings. The fourth-order valence-electron chi connectivity index (χ4n) is 1.43. The van der Waals surface area contributed by atoms with Gasteiger partial charge in [-0.15, -0.1) is 0 Å². The lowest BCUT2D eigenvalue weighted by molar-refractivity contribution is -0.146. The van der Waals surface area contributed by atoms with Gasteiger partial charge in [-0.05, 0) is 12.8 Å². The number of hydrogen-bond donors (Lipinski definition) is 1. The predicted molar refractivity (Wildman–Crippen MR) is 55.2 cm³/mol. The van der Waals surface area contributed by atoms with E-state index < -0.39 is 11.9 Å². The number of carboxylic acids is 1. The van der Waals surface area contributed by atoms with Crippen LogP contribution in [0.4, 0.5) is 0 Å². The molecule has 1 N–H and O–H groups in total. The maximum Gasteiger partial charge on any atom is 0.314 e. The van der Waals surface area contributed by atoms with Crippen LogP contribution in [-0.4, -0.2) is 16.9 Å². The van der Waals surface area contributed by atoms with E-state index >= 15 is 0 Å². The van der Waals surface area contributed by atoms with Gasteiger partial charge in [-0.2, -0.15) is 0 Å². The van der Waals surface area contributed by atoms with Gasteiger partial charge < -0.3 is 5.11 Å². The summed E-state index contributed by atoms with van der Waals surface area (Å²) < 4.78 is 0. The van der Waals surface area contributed by atoms with E-state index in [0.717, 1.165) is 25.7 Å². The number of rotatable bonds is 8. The van der Waals surface area contributed by atoms with E-state index in [4.69, 9.17) is 5.11 Å². The van der Waals surface area contributed by atoms with Crippen LogP contribution in [0.2, 0.25) is 0 Å². The lowest BCUT2D eigenvalue weighted by Gasteiger charge is -2.09. The first-order chi connectivity index (χ1) is 6.63. The van der Waals surface area contributed by atoms with Crippen molar-refractivity contribution in [3.05, 3.63) is 0 Å². The van der Waals surface area contributed by atoms with E-state index in [-0.39, 0.29) is 5.78 Å². The molecule has 0 aromatic carbocycles. The van der Waals surface area contributed by atoms with Gasteiger partial charge in [0.15, 0.2) is 0 Å². The fraction of sp³-hybridized carbons (Fsp3) is 0.818. The molecule has 0 saturated heterocycles. The second kappa shape index (κ2) is 7.54. The smallest absolute Gasteiger partial charge is 0.314 e. The van der Waals surface area contributed by atoms with Crippen molar-refractivity contribution in [2.75, 3.05) is 0 Å². The molecular weight excluding hydrogens is 180 g/mol. The standard InChI is InChI=1S/C11H20O3/c1-3-5-6-8-10(12)9(7-4-2)11(13)14/h9H,3-8H2,1-2H3,(H,13,14). The number of carboxylic acid groups (broad SMARTS) is 1. The molecule has 14 heavy (non-hydrogen) atoms. The van der Waals surface area contributed by atoms with Crippen molar-refractivity contribution in [2.45, 2.75) is 52.4 Å². The number of Topliss-reactive ketones (excluding diaryl/α,β-unsaturated/α-hetero) is 1. The Labute approximate surface area is 85.5 Å². The van der Waals surface area contributed by atoms with E-state index in [1.165, 1.54) is 0 Å². The Bertz CT molecular complexity index is 187. The van der Waals surface area contributed by atoms with Crippen molar-refractivity contribution in [1.82, 2.24) is 0 Å². The molecule has 0 aromatic heterocycles. The van der Waals surface area contributed by atoms with Crippen LogP contribution in [0.3, 0.4) is 0 Å². The van der Waals surface area contributed by atoms with Crippen molar-refractivity contribution in [2.24, 2.45) is 5.92 Å². The predicted octanol–water partition coefficient (Wildman–Crippen LogP) is 2.64. The summed E-state index contributed by atoms with van der Waals surface area (Å²) in [5, 5.41) is 8.81. The Morgan fingerprint density at radius 3 is 2.21 bits per heavy atom. The van der Waals surface area contributed by atoms with Crippen LogP contribution in [-0.2, 0) is 9.59 Å². The third kappa shape index (κ3) is 5.00. The average Bonchev–Trinajstić information content (AvgIpc) is 2.13. The molecule has 0 bridgehead atoms. The summed E-state index contributed by atoms with van der Waals surface area (Å²) in [5.74, 6) is -1.84. The Balaban J connectivity index is 3.96. The molecule has 0 aliphatic rings. The van der Waals surface area contributed by atoms with Gasteiger partial charge in [-0.25, -0.2) is 0 Å². The zero-order valence-electron chi connectivity index (χ0n) is 9.08. The van der Waals surface area contributed by atoms with Gasteiger partial charge in [0.2, 0.25) is 0 Å². The summed E-state index contributed by atoms with van der Waals surface area (Å²) in [6.45, 7) is 3.96. The van der Waals surface area contributed by atoms with Gasteiger partial charge in [0.25, 0.3) is 0 Å². The van der Waals surface area contributed by atoms with Crippen LogP contribution in [0.15, 0.2) is 0 Å². The van der Waals surface area contributed by atoms with Crippen LogP contribution >= 0.6 is 0 Å². The zero-order valence-corrected chi connectivity index (χ0v) is 9.08. The molecule has 0 aliphatic carbocycles. The van der Waals surface area contributed by atoms with Crippen LogP contribution in [0.1, 0.15) is 52.4 Å². The molecule has 1 unspecified atom stereocenters. The van der Waals surface area contributed by atoms with Crippen molar-refractivity contribution in [3.63, 3.8) is 0 Å². The number of carbonyl (C=O) groups excluding carboxylic acids is 1. The van der Waals surface area contributed by atoms with E-state index in [1.807, 2.05) is 6.92 Å². The molecule has 3 heteroatoms. The minimum atomic E-state index is -0.964. The highest BCUT2D eigenvalue weighted by Crippen LogP contribution is 2.12. The van der Waals surface area contributed by atoms with Gasteiger partial charge >= 0.3 is 5.97 Å². The Morgan fingerprint density at radius 2 is 1.79 bits per heavy atom. The number of carbonyl (C=O) groups is 2. The second-order valence-corrected chi connectivity index (χ2v) is 3.60. The zero-order chi connectivity index (χ0) is 11.0. The van der Waals surface area contributed by atoms with E-state index in [1.54, 1.807) is 0 Å². The minimum Gasteiger partial charge on any atom is -0.481 e. The molecule has 0 aliphatic heterocycles. The Morgan fingerprint density at radius 1 is 1.14 bits per heavy atom. The topological polar surface area (TPSA) is 54.4 Å². The monoisotopic (exact) mass is 200 g/mol. The Kier molecular flexibility index (Phi) is 7.07. The van der Waals surface area contributed by atoms with E-state index in [0.29, 0.717) is 12.8 Å². The SMILES string of the molecule is CCCCCC(=O)C(CCC)C(=O)O. The first-order valence-electron chi connectivity index (χ1n) is 5.39. The molecule has 3 nitrogen and oxygen atoms in total. The maximum absolute atomic E-state index is 11.5. The van der Waals surface area contributed by atoms with E-state index in [2.05, 4.69) is 6.92 Å². The number of ketones is 1. The first-order valence-corrected chi connectivity index (χ1v) is 5.39. The van der Waals surface area contributed by atoms with Gasteiger partial charge in [-0.3, -0.25) is 9.59 Å². The van der Waals surface area contributed by atoms with Crippen molar-refractivity contribution < 1.29 is 14.7 Å². The summed E-state index contributed by atoms with van der Waals surface area (Å²) in [6.07, 6.45) is 4.52. The normalized spacial score (nSPS) is 12.4. The molecule has 0 rings (SSSR count). The molecule has 1 atom stereocenters. The van der Waals surface area contributed by atoms with Crippen LogP contribution < -0.4 is 0 Å². The number of unbranched alkanes of at least 4 members (excludes halogenated alkanes) is 2. The highest BCUT2D eigenvalue weighted by atomic mass is 16.4. The lowest BCUT2D eigenvalue weighted by atomic mass is 9.95. The number of aliphatic carboxylic acids is 1. The molecule has 0 aromatic rings.